The number of hydrogen-bond donors (Lipinski definition) is 1. The molecule has 0 aromatic rings. The Morgan fingerprint density at radius 2 is 1.86 bits per heavy atom. The summed E-state index contributed by atoms with van der Waals surface area (Å²) in [4.78, 5) is 36.3. The Kier molecular flexibility index (Phi) is 4.94. The first kappa shape index (κ1) is 15.5. The first-order valence-corrected chi connectivity index (χ1v) is 7.58. The van der Waals surface area contributed by atoms with Crippen LogP contribution in [0.3, 0.4) is 0 Å². The topological polar surface area (TPSA) is 66.5 Å². The molecule has 5 heteroatoms. The maximum Gasteiger partial charge on any atom is 0.331 e. The van der Waals surface area contributed by atoms with Crippen molar-refractivity contribution in [3.8, 4) is 0 Å². The highest BCUT2D eigenvalue weighted by atomic mass is 16.2. The van der Waals surface area contributed by atoms with Crippen LogP contribution < -0.4 is 5.32 Å². The number of nitrogens with one attached hydrogen (secondary N) is 1. The average molecular weight is 290 g/mol. The number of urea groups is 1. The van der Waals surface area contributed by atoms with Gasteiger partial charge in [0.2, 0.25) is 0 Å². The van der Waals surface area contributed by atoms with E-state index in [4.69, 9.17) is 0 Å². The molecule has 21 heavy (non-hydrogen) atoms. The van der Waals surface area contributed by atoms with E-state index in [1.807, 2.05) is 0 Å². The second-order valence-corrected chi connectivity index (χ2v) is 5.79. The van der Waals surface area contributed by atoms with Gasteiger partial charge in [0.25, 0.3) is 11.8 Å². The number of likely N-dealkylation sites (N-methyl/N-ethyl adjacent to an activating group) is 1. The minimum atomic E-state index is -0.644. The first-order chi connectivity index (χ1) is 10.0. The number of rotatable bonds is 3. The Morgan fingerprint density at radius 1 is 1.19 bits per heavy atom. The SMILES string of the molecule is CCN1C(=O)NC(=O)/C(=C\C=C\C2CCC(C)CC2)C1=O. The monoisotopic (exact) mass is 290 g/mol. The van der Waals surface area contributed by atoms with E-state index in [2.05, 4.69) is 18.3 Å². The van der Waals surface area contributed by atoms with Crippen LogP contribution in [0.5, 0.6) is 0 Å². The molecule has 1 saturated heterocycles. The number of nitrogens with zero attached hydrogens (tertiary/aromatic N) is 1. The molecular weight excluding hydrogens is 268 g/mol. The second-order valence-electron chi connectivity index (χ2n) is 5.79. The van der Waals surface area contributed by atoms with Gasteiger partial charge in [-0.15, -0.1) is 0 Å². The molecular formula is C16H22N2O3. The zero-order valence-corrected chi connectivity index (χ0v) is 12.6. The summed E-state index contributed by atoms with van der Waals surface area (Å²) in [6.45, 7) is 4.22. The lowest BCUT2D eigenvalue weighted by molar-refractivity contribution is -0.130. The van der Waals surface area contributed by atoms with Gasteiger partial charge in [-0.2, -0.15) is 0 Å². The Morgan fingerprint density at radius 3 is 2.48 bits per heavy atom. The highest BCUT2D eigenvalue weighted by molar-refractivity contribution is 6.28. The Bertz CT molecular complexity index is 500. The summed E-state index contributed by atoms with van der Waals surface area (Å²) in [5, 5.41) is 2.18. The van der Waals surface area contributed by atoms with E-state index in [9.17, 15) is 14.4 Å². The third-order valence-electron chi connectivity index (χ3n) is 4.21. The molecule has 1 aliphatic heterocycles. The third-order valence-corrected chi connectivity index (χ3v) is 4.21. The van der Waals surface area contributed by atoms with Gasteiger partial charge >= 0.3 is 6.03 Å². The molecule has 0 aromatic heterocycles. The van der Waals surface area contributed by atoms with E-state index in [-0.39, 0.29) is 12.1 Å². The van der Waals surface area contributed by atoms with Crippen molar-refractivity contribution >= 4 is 17.8 Å². The Balaban J connectivity index is 2.03. The van der Waals surface area contributed by atoms with Crippen LogP contribution in [0.15, 0.2) is 23.8 Å². The number of allylic oxidation sites excluding steroid dienone is 3. The third kappa shape index (κ3) is 3.60. The summed E-state index contributed by atoms with van der Waals surface area (Å²) in [5.41, 5.74) is 0.0249. The number of imide groups is 2. The van der Waals surface area contributed by atoms with Crippen LogP contribution in [0.4, 0.5) is 4.79 Å². The van der Waals surface area contributed by atoms with Gasteiger partial charge in [-0.1, -0.05) is 31.9 Å². The minimum Gasteiger partial charge on any atom is -0.273 e. The van der Waals surface area contributed by atoms with Gasteiger partial charge in [-0.3, -0.25) is 19.8 Å². The van der Waals surface area contributed by atoms with Crippen molar-refractivity contribution in [1.29, 1.82) is 0 Å². The lowest BCUT2D eigenvalue weighted by Crippen LogP contribution is -2.53. The van der Waals surface area contributed by atoms with Gasteiger partial charge in [0, 0.05) is 6.54 Å². The predicted molar refractivity (Wildman–Crippen MR) is 79.3 cm³/mol. The van der Waals surface area contributed by atoms with Gasteiger partial charge in [0.15, 0.2) is 0 Å². The molecule has 0 unspecified atom stereocenters. The zero-order chi connectivity index (χ0) is 15.4. The summed E-state index contributed by atoms with van der Waals surface area (Å²) in [5.74, 6) is 0.177. The Hall–Kier alpha value is -1.91. The molecule has 1 aliphatic carbocycles. The van der Waals surface area contributed by atoms with Crippen molar-refractivity contribution in [3.63, 3.8) is 0 Å². The number of barbiturate groups is 1. The molecule has 1 N–H and O–H groups in total. The summed E-state index contributed by atoms with van der Waals surface area (Å²) >= 11 is 0. The number of carbonyl (C=O) groups excluding carboxylic acids is 3. The lowest BCUT2D eigenvalue weighted by atomic mass is 9.83. The van der Waals surface area contributed by atoms with E-state index in [0.29, 0.717) is 5.92 Å². The van der Waals surface area contributed by atoms with Crippen LogP contribution in [0.25, 0.3) is 0 Å². The van der Waals surface area contributed by atoms with E-state index in [0.717, 1.165) is 23.7 Å². The van der Waals surface area contributed by atoms with Crippen LogP contribution in [0.2, 0.25) is 0 Å². The van der Waals surface area contributed by atoms with Crippen molar-refractivity contribution < 1.29 is 14.4 Å². The summed E-state index contributed by atoms with van der Waals surface area (Å²) in [7, 11) is 0. The van der Waals surface area contributed by atoms with Crippen molar-refractivity contribution in [2.24, 2.45) is 11.8 Å². The maximum atomic E-state index is 12.0. The fourth-order valence-electron chi connectivity index (χ4n) is 2.79. The highest BCUT2D eigenvalue weighted by Gasteiger charge is 2.34. The summed E-state index contributed by atoms with van der Waals surface area (Å²) < 4.78 is 0. The van der Waals surface area contributed by atoms with Crippen LogP contribution in [-0.4, -0.2) is 29.3 Å². The Labute approximate surface area is 125 Å². The number of amides is 4. The largest absolute Gasteiger partial charge is 0.331 e. The van der Waals surface area contributed by atoms with Gasteiger partial charge in [-0.25, -0.2) is 4.79 Å². The summed E-state index contributed by atoms with van der Waals surface area (Å²) in [6.07, 6.45) is 10.1. The quantitative estimate of drug-likeness (QED) is 0.641. The molecule has 2 fully saturated rings. The molecule has 1 heterocycles. The molecule has 0 radical (unpaired) electrons. The number of carbonyl (C=O) groups is 3. The van der Waals surface area contributed by atoms with Crippen LogP contribution >= 0.6 is 0 Å². The van der Waals surface area contributed by atoms with Gasteiger partial charge in [0.1, 0.15) is 5.57 Å². The van der Waals surface area contributed by atoms with Crippen molar-refractivity contribution in [3.05, 3.63) is 23.8 Å². The van der Waals surface area contributed by atoms with Crippen LogP contribution in [0.1, 0.15) is 39.5 Å². The minimum absolute atomic E-state index is 0.0249. The van der Waals surface area contributed by atoms with Crippen molar-refractivity contribution in [1.82, 2.24) is 10.2 Å². The standard InChI is InChI=1S/C16H22N2O3/c1-3-18-15(20)13(14(19)17-16(18)21)6-4-5-12-9-7-11(2)8-10-12/h4-6,11-12H,3,7-10H2,1-2H3,(H,17,19,21)/b5-4+,13-6+. The van der Waals surface area contributed by atoms with Crippen LogP contribution in [-0.2, 0) is 9.59 Å². The molecule has 0 aromatic carbocycles. The molecule has 0 atom stereocenters. The molecule has 4 amide bonds. The van der Waals surface area contributed by atoms with E-state index < -0.39 is 17.8 Å². The number of hydrogen-bond acceptors (Lipinski definition) is 3. The normalized spacial score (nSPS) is 29.3. The van der Waals surface area contributed by atoms with E-state index in [1.54, 1.807) is 13.0 Å². The average Bonchev–Trinajstić information content (AvgIpc) is 2.44. The second kappa shape index (κ2) is 6.70. The molecule has 2 aliphatic rings. The van der Waals surface area contributed by atoms with Crippen molar-refractivity contribution in [2.75, 3.05) is 6.54 Å². The maximum absolute atomic E-state index is 12.0. The van der Waals surface area contributed by atoms with Gasteiger partial charge < -0.3 is 0 Å². The molecule has 1 saturated carbocycles. The lowest BCUT2D eigenvalue weighted by Gasteiger charge is -2.25. The van der Waals surface area contributed by atoms with Gasteiger partial charge in [-0.05, 0) is 37.7 Å². The first-order valence-electron chi connectivity index (χ1n) is 7.58. The molecule has 0 spiro atoms. The van der Waals surface area contributed by atoms with Crippen LogP contribution in [0, 0.1) is 11.8 Å². The molecule has 5 nitrogen and oxygen atoms in total. The zero-order valence-electron chi connectivity index (χ0n) is 12.6. The van der Waals surface area contributed by atoms with Gasteiger partial charge in [0.05, 0.1) is 0 Å². The molecule has 2 rings (SSSR count). The highest BCUT2D eigenvalue weighted by Crippen LogP contribution is 2.29. The van der Waals surface area contributed by atoms with E-state index in [1.165, 1.54) is 18.9 Å². The predicted octanol–water partition coefficient (Wildman–Crippen LogP) is 2.39. The molecule has 0 bridgehead atoms. The fraction of sp³-hybridized carbons (Fsp3) is 0.562. The smallest absolute Gasteiger partial charge is 0.273 e. The summed E-state index contributed by atoms with van der Waals surface area (Å²) in [6, 6.07) is -0.644. The van der Waals surface area contributed by atoms with E-state index >= 15 is 0 Å². The fourth-order valence-corrected chi connectivity index (χ4v) is 2.79. The molecule has 114 valence electrons. The van der Waals surface area contributed by atoms with Crippen molar-refractivity contribution in [2.45, 2.75) is 39.5 Å².